The molecular formula is C17H22N2O4. The largest absolute Gasteiger partial charge is 0.508 e. The molecule has 1 aliphatic heterocycles. The van der Waals surface area contributed by atoms with Crippen molar-refractivity contribution in [2.24, 2.45) is 5.73 Å². The van der Waals surface area contributed by atoms with E-state index in [0.29, 0.717) is 37.4 Å². The number of hydrogen-bond donors (Lipinski definition) is 2. The number of carbonyl (C=O) groups is 2. The van der Waals surface area contributed by atoms with Gasteiger partial charge in [0.25, 0.3) is 11.7 Å². The van der Waals surface area contributed by atoms with Gasteiger partial charge in [-0.05, 0) is 38.0 Å². The molecule has 0 spiro atoms. The van der Waals surface area contributed by atoms with Gasteiger partial charge in [-0.15, -0.1) is 0 Å². The average Bonchev–Trinajstić information content (AvgIpc) is 2.77. The smallest absolute Gasteiger partial charge is 0.295 e. The van der Waals surface area contributed by atoms with Crippen molar-refractivity contribution in [3.8, 4) is 5.75 Å². The van der Waals surface area contributed by atoms with Gasteiger partial charge in [-0.2, -0.15) is 0 Å². The van der Waals surface area contributed by atoms with Crippen LogP contribution >= 0.6 is 0 Å². The summed E-state index contributed by atoms with van der Waals surface area (Å²) in [6, 6.07) is 5.95. The van der Waals surface area contributed by atoms with Crippen LogP contribution in [0.5, 0.6) is 5.75 Å². The molecular weight excluding hydrogens is 296 g/mol. The molecule has 124 valence electrons. The molecule has 0 aromatic heterocycles. The number of aromatic hydroxyl groups is 1. The molecule has 1 heterocycles. The Morgan fingerprint density at radius 3 is 2.52 bits per heavy atom. The van der Waals surface area contributed by atoms with Crippen LogP contribution in [0.25, 0.3) is 0 Å². The quantitative estimate of drug-likeness (QED) is 0.471. The number of carbonyl (C=O) groups excluding carboxylic acids is 2. The molecule has 6 nitrogen and oxygen atoms in total. The summed E-state index contributed by atoms with van der Waals surface area (Å²) in [6.07, 6.45) is 0.637. The van der Waals surface area contributed by atoms with Crippen LogP contribution in [0.15, 0.2) is 35.5 Å². The predicted octanol–water partition coefficient (Wildman–Crippen LogP) is 1.50. The van der Waals surface area contributed by atoms with Crippen molar-refractivity contribution in [2.45, 2.75) is 26.3 Å². The Bertz CT molecular complexity index is 618. The van der Waals surface area contributed by atoms with E-state index in [1.807, 2.05) is 6.92 Å². The Balaban J connectivity index is 2.33. The topological polar surface area (TPSA) is 92.9 Å². The van der Waals surface area contributed by atoms with Gasteiger partial charge in [0.15, 0.2) is 0 Å². The number of ketones is 1. The summed E-state index contributed by atoms with van der Waals surface area (Å²) in [4.78, 5) is 26.1. The third kappa shape index (κ3) is 3.53. The number of ether oxygens (including phenoxy) is 1. The van der Waals surface area contributed by atoms with Gasteiger partial charge in [-0.1, -0.05) is 12.1 Å². The molecule has 6 heteroatoms. The molecule has 1 aromatic rings. The molecule has 1 fully saturated rings. The molecule has 3 N–H and O–H groups in total. The van der Waals surface area contributed by atoms with E-state index in [2.05, 4.69) is 0 Å². The highest BCUT2D eigenvalue weighted by atomic mass is 16.5. The van der Waals surface area contributed by atoms with Crippen LogP contribution in [-0.4, -0.2) is 41.5 Å². The van der Waals surface area contributed by atoms with E-state index in [-0.39, 0.29) is 5.75 Å². The number of nitrogens with zero attached hydrogens (tertiary/aromatic N) is 1. The normalized spacial score (nSPS) is 20.3. The fraction of sp³-hybridized carbons (Fsp3) is 0.412. The van der Waals surface area contributed by atoms with Crippen molar-refractivity contribution >= 4 is 11.7 Å². The van der Waals surface area contributed by atoms with E-state index in [1.54, 1.807) is 19.1 Å². The molecule has 0 aliphatic carbocycles. The molecule has 1 saturated heterocycles. The first kappa shape index (κ1) is 17.0. The molecule has 1 atom stereocenters. The van der Waals surface area contributed by atoms with Crippen LogP contribution in [0.4, 0.5) is 0 Å². The third-order valence-corrected chi connectivity index (χ3v) is 3.81. The van der Waals surface area contributed by atoms with Gasteiger partial charge < -0.3 is 20.5 Å². The zero-order valence-corrected chi connectivity index (χ0v) is 13.4. The number of phenolic OH excluding ortho intramolecular Hbond substituents is 1. The van der Waals surface area contributed by atoms with Crippen molar-refractivity contribution in [3.05, 3.63) is 41.1 Å². The van der Waals surface area contributed by atoms with Gasteiger partial charge in [-0.25, -0.2) is 0 Å². The highest BCUT2D eigenvalue weighted by Gasteiger charge is 2.44. The van der Waals surface area contributed by atoms with Crippen LogP contribution in [-0.2, 0) is 14.3 Å². The summed E-state index contributed by atoms with van der Waals surface area (Å²) in [6.45, 7) is 5.08. The number of phenols is 1. The zero-order valence-electron chi connectivity index (χ0n) is 13.4. The summed E-state index contributed by atoms with van der Waals surface area (Å²) < 4.78 is 5.29. The highest BCUT2D eigenvalue weighted by molar-refractivity contribution is 6.45. The minimum Gasteiger partial charge on any atom is -0.508 e. The van der Waals surface area contributed by atoms with Crippen LogP contribution in [0.1, 0.15) is 31.9 Å². The number of Topliss-reactive ketones (excluding diaryl/α,β-unsaturated/α-hetero) is 1. The lowest BCUT2D eigenvalue weighted by Crippen LogP contribution is -2.31. The number of amides is 1. The number of likely N-dealkylation sites (tertiary alicyclic amines) is 1. The number of nitrogens with two attached hydrogens (primary N) is 1. The van der Waals surface area contributed by atoms with Crippen molar-refractivity contribution in [1.82, 2.24) is 4.90 Å². The second-order valence-corrected chi connectivity index (χ2v) is 5.47. The van der Waals surface area contributed by atoms with E-state index < -0.39 is 17.7 Å². The summed E-state index contributed by atoms with van der Waals surface area (Å²) in [5.41, 5.74) is 7.26. The van der Waals surface area contributed by atoms with E-state index in [9.17, 15) is 14.7 Å². The molecule has 2 rings (SSSR count). The van der Waals surface area contributed by atoms with Crippen LogP contribution < -0.4 is 5.73 Å². The minimum atomic E-state index is -0.556. The number of hydrogen-bond acceptors (Lipinski definition) is 5. The Morgan fingerprint density at radius 2 is 1.96 bits per heavy atom. The molecule has 23 heavy (non-hydrogen) atoms. The SMILES string of the molecule is CCOCCCN1C(=O)C(=O)/C(=C(/C)N)C1c1ccc(O)cc1. The number of allylic oxidation sites excluding steroid dienone is 1. The third-order valence-electron chi connectivity index (χ3n) is 3.81. The van der Waals surface area contributed by atoms with Crippen LogP contribution in [0, 0.1) is 0 Å². The molecule has 0 bridgehead atoms. The summed E-state index contributed by atoms with van der Waals surface area (Å²) in [5, 5.41) is 9.44. The Hall–Kier alpha value is -2.34. The average molecular weight is 318 g/mol. The Labute approximate surface area is 135 Å². The summed E-state index contributed by atoms with van der Waals surface area (Å²) in [7, 11) is 0. The summed E-state index contributed by atoms with van der Waals surface area (Å²) in [5.74, 6) is -0.971. The maximum Gasteiger partial charge on any atom is 0.295 e. The summed E-state index contributed by atoms with van der Waals surface area (Å²) >= 11 is 0. The van der Waals surface area contributed by atoms with E-state index in [0.717, 1.165) is 5.56 Å². The maximum absolute atomic E-state index is 12.3. The van der Waals surface area contributed by atoms with Crippen molar-refractivity contribution in [1.29, 1.82) is 0 Å². The van der Waals surface area contributed by atoms with Crippen molar-refractivity contribution < 1.29 is 19.4 Å². The van der Waals surface area contributed by atoms with Crippen LogP contribution in [0.3, 0.4) is 0 Å². The molecule has 0 radical (unpaired) electrons. The van der Waals surface area contributed by atoms with Crippen molar-refractivity contribution in [3.63, 3.8) is 0 Å². The molecule has 1 aliphatic rings. The van der Waals surface area contributed by atoms with Gasteiger partial charge >= 0.3 is 0 Å². The second-order valence-electron chi connectivity index (χ2n) is 5.47. The molecule has 1 amide bonds. The molecule has 1 unspecified atom stereocenters. The fourth-order valence-electron chi connectivity index (χ4n) is 2.75. The van der Waals surface area contributed by atoms with Gasteiger partial charge in [0, 0.05) is 25.5 Å². The Kier molecular flexibility index (Phi) is 5.39. The number of benzene rings is 1. The predicted molar refractivity (Wildman–Crippen MR) is 85.6 cm³/mol. The Morgan fingerprint density at radius 1 is 1.30 bits per heavy atom. The zero-order chi connectivity index (χ0) is 17.0. The molecule has 1 aromatic carbocycles. The lowest BCUT2D eigenvalue weighted by Gasteiger charge is -2.25. The first-order valence-corrected chi connectivity index (χ1v) is 7.65. The first-order valence-electron chi connectivity index (χ1n) is 7.65. The standard InChI is InChI=1S/C17H22N2O4/c1-3-23-10-4-9-19-15(12-5-7-13(20)8-6-12)14(11(2)18)16(21)17(19)22/h5-8,15,20H,3-4,9-10,18H2,1-2H3/b14-11-. The van der Waals surface area contributed by atoms with Crippen molar-refractivity contribution in [2.75, 3.05) is 19.8 Å². The van der Waals surface area contributed by atoms with Gasteiger partial charge in [-0.3, -0.25) is 9.59 Å². The van der Waals surface area contributed by atoms with Gasteiger partial charge in [0.05, 0.1) is 11.6 Å². The first-order chi connectivity index (χ1) is 11.0. The fourth-order valence-corrected chi connectivity index (χ4v) is 2.75. The monoisotopic (exact) mass is 318 g/mol. The van der Waals surface area contributed by atoms with E-state index in [4.69, 9.17) is 10.5 Å². The van der Waals surface area contributed by atoms with Crippen LogP contribution in [0.2, 0.25) is 0 Å². The van der Waals surface area contributed by atoms with E-state index >= 15 is 0 Å². The molecule has 0 saturated carbocycles. The van der Waals surface area contributed by atoms with E-state index in [1.165, 1.54) is 17.0 Å². The lowest BCUT2D eigenvalue weighted by atomic mass is 9.97. The van der Waals surface area contributed by atoms with Gasteiger partial charge in [0.2, 0.25) is 0 Å². The minimum absolute atomic E-state index is 0.127. The maximum atomic E-state index is 12.3. The lowest BCUT2D eigenvalue weighted by molar-refractivity contribution is -0.140. The van der Waals surface area contributed by atoms with Gasteiger partial charge in [0.1, 0.15) is 5.75 Å². The highest BCUT2D eigenvalue weighted by Crippen LogP contribution is 2.37. The number of rotatable bonds is 6. The second kappa shape index (κ2) is 7.28.